The van der Waals surface area contributed by atoms with Crippen molar-refractivity contribution in [2.45, 2.75) is 18.3 Å². The maximum absolute atomic E-state index is 6.08. The Kier molecular flexibility index (Phi) is 4.11. The molecule has 0 spiro atoms. The molecule has 1 saturated heterocycles. The molecule has 0 aromatic heterocycles. The molecule has 1 heterocycles. The van der Waals surface area contributed by atoms with Gasteiger partial charge >= 0.3 is 0 Å². The van der Waals surface area contributed by atoms with Crippen molar-refractivity contribution in [3.05, 3.63) is 28.2 Å². The topological polar surface area (TPSA) is 12.5 Å². The van der Waals surface area contributed by atoms with Gasteiger partial charge in [-0.05, 0) is 46.6 Å². The van der Waals surface area contributed by atoms with Gasteiger partial charge in [0.25, 0.3) is 0 Å². The lowest BCUT2D eigenvalue weighted by molar-refractivity contribution is 0.331. The van der Waals surface area contributed by atoms with E-state index in [0.29, 0.717) is 5.38 Å². The van der Waals surface area contributed by atoms with Gasteiger partial charge < -0.3 is 4.74 Å². The fraction of sp³-hybridized carbons (Fsp3) is 0.500. The Hall–Kier alpha value is -0.250. The zero-order chi connectivity index (χ0) is 11.5. The highest BCUT2D eigenvalue weighted by molar-refractivity contribution is 9.10. The Balaban J connectivity index is 2.02. The molecule has 4 heteroatoms. The van der Waals surface area contributed by atoms with Crippen molar-refractivity contribution in [3.63, 3.8) is 0 Å². The summed E-state index contributed by atoms with van der Waals surface area (Å²) in [5.41, 5.74) is 1.29. The van der Waals surface area contributed by atoms with Crippen LogP contribution in [-0.4, -0.2) is 30.5 Å². The van der Waals surface area contributed by atoms with Gasteiger partial charge in [-0.1, -0.05) is 6.07 Å². The average molecular weight is 305 g/mol. The fourth-order valence-corrected chi connectivity index (χ4v) is 2.88. The van der Waals surface area contributed by atoms with Crippen LogP contribution < -0.4 is 4.74 Å². The average Bonchev–Trinajstić information content (AvgIpc) is 2.64. The normalized spacial score (nSPS) is 21.3. The highest BCUT2D eigenvalue weighted by Gasteiger charge is 2.20. The first-order chi connectivity index (χ1) is 7.69. The zero-order valence-corrected chi connectivity index (χ0v) is 11.6. The van der Waals surface area contributed by atoms with Crippen LogP contribution in [0.15, 0.2) is 22.7 Å². The molecule has 0 aliphatic carbocycles. The molecule has 1 unspecified atom stereocenters. The number of rotatable bonds is 3. The van der Waals surface area contributed by atoms with Gasteiger partial charge in [-0.2, -0.15) is 0 Å². The number of ether oxygens (including phenoxy) is 1. The first kappa shape index (κ1) is 12.2. The van der Waals surface area contributed by atoms with Gasteiger partial charge in [-0.15, -0.1) is 11.6 Å². The van der Waals surface area contributed by atoms with Gasteiger partial charge in [0.15, 0.2) is 0 Å². The van der Waals surface area contributed by atoms with E-state index in [0.717, 1.165) is 36.3 Å². The van der Waals surface area contributed by atoms with Crippen LogP contribution in [0.5, 0.6) is 5.75 Å². The molecule has 2 rings (SSSR count). The molecule has 1 aliphatic rings. The van der Waals surface area contributed by atoms with E-state index in [9.17, 15) is 0 Å². The second-order valence-corrected chi connectivity index (χ2v) is 5.56. The number of hydrogen-bond donors (Lipinski definition) is 0. The first-order valence-electron chi connectivity index (χ1n) is 5.38. The van der Waals surface area contributed by atoms with Crippen molar-refractivity contribution < 1.29 is 4.74 Å². The molecular weight excluding hydrogens is 289 g/mol. The number of alkyl halides is 1. The van der Waals surface area contributed by atoms with Crippen molar-refractivity contribution in [2.75, 3.05) is 20.2 Å². The van der Waals surface area contributed by atoms with Gasteiger partial charge in [0.1, 0.15) is 5.75 Å². The van der Waals surface area contributed by atoms with Gasteiger partial charge in [0.2, 0.25) is 0 Å². The highest BCUT2D eigenvalue weighted by Crippen LogP contribution is 2.26. The van der Waals surface area contributed by atoms with Crippen molar-refractivity contribution >= 4 is 27.5 Å². The van der Waals surface area contributed by atoms with Gasteiger partial charge in [-0.25, -0.2) is 0 Å². The Morgan fingerprint density at radius 3 is 2.94 bits per heavy atom. The second kappa shape index (κ2) is 5.39. The van der Waals surface area contributed by atoms with Gasteiger partial charge in [0, 0.05) is 18.5 Å². The third kappa shape index (κ3) is 2.90. The number of halogens is 2. The van der Waals surface area contributed by atoms with Crippen molar-refractivity contribution in [3.8, 4) is 5.75 Å². The SMILES string of the molecule is COc1ccc(CN2CCC(Cl)C2)cc1Br. The summed E-state index contributed by atoms with van der Waals surface area (Å²) in [6.45, 7) is 3.05. The van der Waals surface area contributed by atoms with E-state index in [1.165, 1.54) is 5.56 Å². The van der Waals surface area contributed by atoms with E-state index in [-0.39, 0.29) is 0 Å². The summed E-state index contributed by atoms with van der Waals surface area (Å²) in [4.78, 5) is 2.38. The maximum atomic E-state index is 6.08. The molecule has 1 aromatic carbocycles. The summed E-state index contributed by atoms with van der Waals surface area (Å²) in [6, 6.07) is 6.21. The molecule has 1 fully saturated rings. The Morgan fingerprint density at radius 1 is 1.56 bits per heavy atom. The lowest BCUT2D eigenvalue weighted by atomic mass is 10.2. The van der Waals surface area contributed by atoms with Crippen molar-refractivity contribution in [1.82, 2.24) is 4.90 Å². The molecule has 0 saturated carbocycles. The number of nitrogens with zero attached hydrogens (tertiary/aromatic N) is 1. The van der Waals surface area contributed by atoms with Crippen LogP contribution in [0.25, 0.3) is 0 Å². The van der Waals surface area contributed by atoms with Crippen LogP contribution >= 0.6 is 27.5 Å². The van der Waals surface area contributed by atoms with Crippen molar-refractivity contribution in [1.29, 1.82) is 0 Å². The predicted octanol–water partition coefficient (Wildman–Crippen LogP) is 3.27. The third-order valence-electron chi connectivity index (χ3n) is 2.84. The minimum Gasteiger partial charge on any atom is -0.496 e. The molecule has 16 heavy (non-hydrogen) atoms. The predicted molar refractivity (Wildman–Crippen MR) is 70.2 cm³/mol. The molecule has 0 bridgehead atoms. The summed E-state index contributed by atoms with van der Waals surface area (Å²) in [5.74, 6) is 0.875. The highest BCUT2D eigenvalue weighted by atomic mass is 79.9. The second-order valence-electron chi connectivity index (χ2n) is 4.09. The van der Waals surface area contributed by atoms with Crippen LogP contribution in [0.4, 0.5) is 0 Å². The monoisotopic (exact) mass is 303 g/mol. The van der Waals surface area contributed by atoms with E-state index in [4.69, 9.17) is 16.3 Å². The van der Waals surface area contributed by atoms with E-state index in [2.05, 4.69) is 33.0 Å². The smallest absolute Gasteiger partial charge is 0.133 e. The molecular formula is C12H15BrClNO. The molecule has 1 atom stereocenters. The first-order valence-corrected chi connectivity index (χ1v) is 6.61. The molecule has 1 aromatic rings. The molecule has 0 N–H and O–H groups in total. The van der Waals surface area contributed by atoms with Crippen LogP contribution in [-0.2, 0) is 6.54 Å². The fourth-order valence-electron chi connectivity index (χ4n) is 2.00. The molecule has 2 nitrogen and oxygen atoms in total. The Labute approximate surface area is 110 Å². The molecule has 0 amide bonds. The van der Waals surface area contributed by atoms with Crippen molar-refractivity contribution in [2.24, 2.45) is 0 Å². The lowest BCUT2D eigenvalue weighted by Crippen LogP contribution is -2.20. The van der Waals surface area contributed by atoms with Crippen LogP contribution in [0.1, 0.15) is 12.0 Å². The lowest BCUT2D eigenvalue weighted by Gasteiger charge is -2.15. The number of hydrogen-bond acceptors (Lipinski definition) is 2. The summed E-state index contributed by atoms with van der Waals surface area (Å²) >= 11 is 9.58. The minimum absolute atomic E-state index is 0.321. The Bertz CT molecular complexity index is 372. The Morgan fingerprint density at radius 2 is 2.38 bits per heavy atom. The molecule has 88 valence electrons. The summed E-state index contributed by atoms with van der Waals surface area (Å²) in [6.07, 6.45) is 1.10. The number of likely N-dealkylation sites (tertiary alicyclic amines) is 1. The third-order valence-corrected chi connectivity index (χ3v) is 3.81. The van der Waals surface area contributed by atoms with Gasteiger partial charge in [-0.3, -0.25) is 4.90 Å². The summed E-state index contributed by atoms with van der Waals surface area (Å²) in [7, 11) is 1.68. The minimum atomic E-state index is 0.321. The van der Waals surface area contributed by atoms with Crippen LogP contribution in [0.2, 0.25) is 0 Å². The quantitative estimate of drug-likeness (QED) is 0.795. The largest absolute Gasteiger partial charge is 0.496 e. The maximum Gasteiger partial charge on any atom is 0.133 e. The summed E-state index contributed by atoms with van der Waals surface area (Å²) in [5, 5.41) is 0.321. The number of benzene rings is 1. The standard InChI is InChI=1S/C12H15BrClNO/c1-16-12-3-2-9(6-11(12)13)7-15-5-4-10(14)8-15/h2-3,6,10H,4-5,7-8H2,1H3. The van der Waals surface area contributed by atoms with Crippen LogP contribution in [0.3, 0.4) is 0 Å². The van der Waals surface area contributed by atoms with E-state index in [1.54, 1.807) is 7.11 Å². The zero-order valence-electron chi connectivity index (χ0n) is 9.25. The van der Waals surface area contributed by atoms with E-state index < -0.39 is 0 Å². The number of methoxy groups -OCH3 is 1. The van der Waals surface area contributed by atoms with E-state index in [1.807, 2.05) is 6.07 Å². The van der Waals surface area contributed by atoms with Crippen LogP contribution in [0, 0.1) is 0 Å². The molecule has 0 radical (unpaired) electrons. The van der Waals surface area contributed by atoms with Gasteiger partial charge in [0.05, 0.1) is 11.6 Å². The molecule has 1 aliphatic heterocycles. The van der Waals surface area contributed by atoms with E-state index >= 15 is 0 Å². The summed E-state index contributed by atoms with van der Waals surface area (Å²) < 4.78 is 6.21.